The van der Waals surface area contributed by atoms with Crippen molar-refractivity contribution in [3.05, 3.63) is 24.3 Å². The van der Waals surface area contributed by atoms with E-state index in [0.717, 1.165) is 18.6 Å². The maximum absolute atomic E-state index is 12.0. The lowest BCUT2D eigenvalue weighted by Gasteiger charge is -2.22. The molecule has 0 aliphatic carbocycles. The molecule has 0 aliphatic heterocycles. The predicted octanol–water partition coefficient (Wildman–Crippen LogP) is 2.32. The van der Waals surface area contributed by atoms with Crippen molar-refractivity contribution in [1.29, 1.82) is 0 Å². The maximum Gasteiger partial charge on any atom is 0.321 e. The molecule has 0 unspecified atom stereocenters. The van der Waals surface area contributed by atoms with E-state index in [1.54, 1.807) is 36.3 Å². The van der Waals surface area contributed by atoms with Gasteiger partial charge in [-0.1, -0.05) is 13.3 Å². The molecule has 0 saturated carbocycles. The number of hydrogen-bond donors (Lipinski definition) is 2. The van der Waals surface area contributed by atoms with Crippen LogP contribution in [0.5, 0.6) is 5.75 Å². The van der Waals surface area contributed by atoms with Crippen molar-refractivity contribution >= 4 is 11.7 Å². The molecule has 0 spiro atoms. The van der Waals surface area contributed by atoms with Gasteiger partial charge >= 0.3 is 6.03 Å². The molecule has 0 bridgehead atoms. The number of nitrogens with zero attached hydrogens (tertiary/aromatic N) is 1. The number of carbonyl (C=O) groups excluding carboxylic acids is 1. The third-order valence-corrected chi connectivity index (χ3v) is 2.78. The number of urea groups is 1. The zero-order chi connectivity index (χ0) is 14.1. The standard InChI is InChI=1S/C14H22N2O3/c1-3-4-9-16(10-11-17)14(18)15-12-5-7-13(19-2)8-6-12/h5-8,17H,3-4,9-11H2,1-2H3,(H,15,18). The van der Waals surface area contributed by atoms with Crippen molar-refractivity contribution in [2.75, 3.05) is 32.1 Å². The van der Waals surface area contributed by atoms with E-state index in [-0.39, 0.29) is 12.6 Å². The highest BCUT2D eigenvalue weighted by molar-refractivity contribution is 5.89. The molecule has 2 N–H and O–H groups in total. The normalized spacial score (nSPS) is 10.1. The van der Waals surface area contributed by atoms with E-state index in [4.69, 9.17) is 9.84 Å². The number of carbonyl (C=O) groups is 1. The van der Waals surface area contributed by atoms with E-state index in [2.05, 4.69) is 12.2 Å². The number of anilines is 1. The Hall–Kier alpha value is -1.75. The number of nitrogens with one attached hydrogen (secondary N) is 1. The second-order valence-electron chi connectivity index (χ2n) is 4.22. The first-order chi connectivity index (χ1) is 9.21. The van der Waals surface area contributed by atoms with Crippen molar-refractivity contribution in [3.63, 3.8) is 0 Å². The number of benzene rings is 1. The highest BCUT2D eigenvalue weighted by atomic mass is 16.5. The van der Waals surface area contributed by atoms with Crippen LogP contribution < -0.4 is 10.1 Å². The van der Waals surface area contributed by atoms with Crippen LogP contribution >= 0.6 is 0 Å². The van der Waals surface area contributed by atoms with Crippen molar-refractivity contribution in [2.45, 2.75) is 19.8 Å². The lowest BCUT2D eigenvalue weighted by molar-refractivity contribution is 0.187. The summed E-state index contributed by atoms with van der Waals surface area (Å²) < 4.78 is 5.06. The second-order valence-corrected chi connectivity index (χ2v) is 4.22. The molecule has 0 saturated heterocycles. The molecule has 0 aliphatic rings. The van der Waals surface area contributed by atoms with Crippen LogP contribution in [0.2, 0.25) is 0 Å². The van der Waals surface area contributed by atoms with Crippen LogP contribution in [0.1, 0.15) is 19.8 Å². The summed E-state index contributed by atoms with van der Waals surface area (Å²) in [5, 5.41) is 11.8. The average molecular weight is 266 g/mol. The van der Waals surface area contributed by atoms with Crippen LogP contribution in [-0.2, 0) is 0 Å². The number of ether oxygens (including phenoxy) is 1. The molecule has 1 rings (SSSR count). The van der Waals surface area contributed by atoms with Crippen molar-refractivity contribution in [2.24, 2.45) is 0 Å². The Morgan fingerprint density at radius 3 is 2.53 bits per heavy atom. The molecule has 5 nitrogen and oxygen atoms in total. The summed E-state index contributed by atoms with van der Waals surface area (Å²) in [5.74, 6) is 0.746. The monoisotopic (exact) mass is 266 g/mol. The molecule has 106 valence electrons. The predicted molar refractivity (Wildman–Crippen MR) is 75.6 cm³/mol. The van der Waals surface area contributed by atoms with E-state index < -0.39 is 0 Å². The van der Waals surface area contributed by atoms with Crippen molar-refractivity contribution in [1.82, 2.24) is 4.90 Å². The van der Waals surface area contributed by atoms with Gasteiger partial charge < -0.3 is 20.1 Å². The van der Waals surface area contributed by atoms with Crippen molar-refractivity contribution < 1.29 is 14.6 Å². The zero-order valence-corrected chi connectivity index (χ0v) is 11.6. The number of methoxy groups -OCH3 is 1. The summed E-state index contributed by atoms with van der Waals surface area (Å²) in [6.07, 6.45) is 1.94. The Labute approximate surface area is 114 Å². The number of unbranched alkanes of at least 4 members (excludes halogenated alkanes) is 1. The summed E-state index contributed by atoms with van der Waals surface area (Å²) in [6.45, 7) is 3.04. The lowest BCUT2D eigenvalue weighted by atomic mass is 10.3. The molecule has 0 aromatic heterocycles. The van der Waals surface area contributed by atoms with Crippen LogP contribution in [0.15, 0.2) is 24.3 Å². The lowest BCUT2D eigenvalue weighted by Crippen LogP contribution is -2.37. The zero-order valence-electron chi connectivity index (χ0n) is 11.6. The largest absolute Gasteiger partial charge is 0.497 e. The minimum absolute atomic E-state index is 0.0280. The van der Waals surface area contributed by atoms with E-state index in [9.17, 15) is 4.79 Å². The Morgan fingerprint density at radius 1 is 1.32 bits per heavy atom. The van der Waals surface area contributed by atoms with Gasteiger partial charge in [0.25, 0.3) is 0 Å². The molecule has 0 heterocycles. The van der Waals surface area contributed by atoms with Gasteiger partial charge in [0.1, 0.15) is 5.75 Å². The number of amides is 2. The van der Waals surface area contributed by atoms with Crippen molar-refractivity contribution in [3.8, 4) is 5.75 Å². The maximum atomic E-state index is 12.0. The first-order valence-corrected chi connectivity index (χ1v) is 6.52. The van der Waals surface area contributed by atoms with Gasteiger partial charge in [0.05, 0.1) is 13.7 Å². The third-order valence-electron chi connectivity index (χ3n) is 2.78. The Morgan fingerprint density at radius 2 is 2.00 bits per heavy atom. The van der Waals surface area contributed by atoms with Gasteiger partial charge in [0.2, 0.25) is 0 Å². The second kappa shape index (κ2) is 8.37. The van der Waals surface area contributed by atoms with E-state index in [1.807, 2.05) is 0 Å². The van der Waals surface area contributed by atoms with E-state index in [0.29, 0.717) is 18.8 Å². The first-order valence-electron chi connectivity index (χ1n) is 6.52. The van der Waals surface area contributed by atoms with Gasteiger partial charge in [0.15, 0.2) is 0 Å². The molecule has 0 atom stereocenters. The van der Waals surface area contributed by atoms with Gasteiger partial charge in [-0.05, 0) is 30.7 Å². The first kappa shape index (κ1) is 15.3. The Bertz CT molecular complexity index is 379. The number of aliphatic hydroxyl groups excluding tert-OH is 1. The molecule has 5 heteroatoms. The SMILES string of the molecule is CCCCN(CCO)C(=O)Nc1ccc(OC)cc1. The fraction of sp³-hybridized carbons (Fsp3) is 0.500. The number of aliphatic hydroxyl groups is 1. The van der Waals surface area contributed by atoms with Gasteiger partial charge in [-0.3, -0.25) is 0 Å². The molecule has 0 fully saturated rings. The summed E-state index contributed by atoms with van der Waals surface area (Å²) in [5.41, 5.74) is 0.713. The molecule has 0 radical (unpaired) electrons. The molecule has 2 amide bonds. The van der Waals surface area contributed by atoms with Crippen LogP contribution in [0, 0.1) is 0 Å². The molecule has 1 aromatic carbocycles. The van der Waals surface area contributed by atoms with Crippen LogP contribution in [0.25, 0.3) is 0 Å². The minimum Gasteiger partial charge on any atom is -0.497 e. The van der Waals surface area contributed by atoms with E-state index >= 15 is 0 Å². The van der Waals surface area contributed by atoms with E-state index in [1.165, 1.54) is 0 Å². The van der Waals surface area contributed by atoms with Crippen LogP contribution in [-0.4, -0.2) is 42.8 Å². The fourth-order valence-corrected chi connectivity index (χ4v) is 1.66. The average Bonchev–Trinajstić information content (AvgIpc) is 2.44. The quantitative estimate of drug-likeness (QED) is 0.796. The molecular formula is C14H22N2O3. The smallest absolute Gasteiger partial charge is 0.321 e. The van der Waals surface area contributed by atoms with Gasteiger partial charge in [0, 0.05) is 18.8 Å². The third kappa shape index (κ3) is 5.18. The summed E-state index contributed by atoms with van der Waals surface area (Å²) in [6, 6.07) is 6.96. The minimum atomic E-state index is -0.187. The van der Waals surface area contributed by atoms with Gasteiger partial charge in [-0.2, -0.15) is 0 Å². The molecular weight excluding hydrogens is 244 g/mol. The summed E-state index contributed by atoms with van der Waals surface area (Å²) in [7, 11) is 1.60. The highest BCUT2D eigenvalue weighted by Crippen LogP contribution is 2.15. The summed E-state index contributed by atoms with van der Waals surface area (Å²) >= 11 is 0. The van der Waals surface area contributed by atoms with Gasteiger partial charge in [-0.25, -0.2) is 4.79 Å². The Balaban J connectivity index is 2.58. The summed E-state index contributed by atoms with van der Waals surface area (Å²) in [4.78, 5) is 13.7. The number of hydrogen-bond acceptors (Lipinski definition) is 3. The van der Waals surface area contributed by atoms with Crippen LogP contribution in [0.4, 0.5) is 10.5 Å². The highest BCUT2D eigenvalue weighted by Gasteiger charge is 2.12. The molecule has 1 aromatic rings. The molecule has 19 heavy (non-hydrogen) atoms. The topological polar surface area (TPSA) is 61.8 Å². The van der Waals surface area contributed by atoms with Crippen LogP contribution in [0.3, 0.4) is 0 Å². The fourth-order valence-electron chi connectivity index (χ4n) is 1.66. The Kier molecular flexibility index (Phi) is 6.74. The van der Waals surface area contributed by atoms with Gasteiger partial charge in [-0.15, -0.1) is 0 Å². The number of rotatable bonds is 7.